The van der Waals surface area contributed by atoms with Crippen LogP contribution in [0.5, 0.6) is 0 Å². The summed E-state index contributed by atoms with van der Waals surface area (Å²) in [6.45, 7) is -0.600. The van der Waals surface area contributed by atoms with Crippen LogP contribution in [-0.2, 0) is 31.6 Å². The minimum Gasteiger partial charge on any atom is -0.371 e. The molecule has 1 aliphatic heterocycles. The molecule has 2 aromatic rings. The number of anilines is 1. The fourth-order valence-electron chi connectivity index (χ4n) is 2.85. The number of ether oxygens (including phenoxy) is 1. The van der Waals surface area contributed by atoms with E-state index in [9.17, 15) is 18.6 Å². The molecule has 2 aromatic heterocycles. The number of hydrogen-bond donors (Lipinski definition) is 6. The lowest BCUT2D eigenvalue weighted by atomic mass is 10.2. The zero-order chi connectivity index (χ0) is 23.0. The summed E-state index contributed by atoms with van der Waals surface area (Å²) >= 11 is 0. The number of hydrogen-bond acceptors (Lipinski definition) is 12. The van der Waals surface area contributed by atoms with E-state index >= 15 is 0 Å². The fourth-order valence-corrected chi connectivity index (χ4v) is 5.90. The molecule has 3 rings (SSSR count). The minimum absolute atomic E-state index is 0.157. The van der Waals surface area contributed by atoms with Gasteiger partial charge in [0, 0.05) is 7.05 Å². The van der Waals surface area contributed by atoms with Crippen molar-refractivity contribution < 1.29 is 51.2 Å². The second kappa shape index (κ2) is 8.90. The van der Waals surface area contributed by atoms with Crippen LogP contribution in [-0.4, -0.2) is 64.9 Å². The van der Waals surface area contributed by atoms with Crippen molar-refractivity contribution in [2.24, 2.45) is 5.73 Å². The van der Waals surface area contributed by atoms with Crippen molar-refractivity contribution in [3.05, 3.63) is 12.7 Å². The van der Waals surface area contributed by atoms with Crippen LogP contribution >= 0.6 is 23.5 Å². The van der Waals surface area contributed by atoms with Gasteiger partial charge in [-0.3, -0.25) is 9.09 Å². The molecule has 3 heterocycles. The topological polar surface area (TPSA) is 251 Å². The quantitative estimate of drug-likeness (QED) is 0.242. The number of phosphoric ester groups is 1. The minimum atomic E-state index is -5.60. The normalized spacial score (nSPS) is 25.9. The molecule has 31 heavy (non-hydrogen) atoms. The van der Waals surface area contributed by atoms with E-state index in [4.69, 9.17) is 25.2 Å². The maximum absolute atomic E-state index is 11.8. The van der Waals surface area contributed by atoms with E-state index in [1.54, 1.807) is 11.6 Å². The first kappa shape index (κ1) is 24.3. The highest BCUT2D eigenvalue weighted by Crippen LogP contribution is 2.66. The van der Waals surface area contributed by atoms with Crippen LogP contribution in [0.15, 0.2) is 12.7 Å². The largest absolute Gasteiger partial charge is 0.490 e. The van der Waals surface area contributed by atoms with Crippen LogP contribution in [0.3, 0.4) is 0 Å². The molecule has 5 unspecified atom stereocenters. The molecule has 0 bridgehead atoms. The molecule has 0 aromatic carbocycles. The Morgan fingerprint density at radius 3 is 2.55 bits per heavy atom. The number of imidazole rings is 1. The summed E-state index contributed by atoms with van der Waals surface area (Å²) < 4.78 is 53.0. The molecule has 0 amide bonds. The summed E-state index contributed by atoms with van der Waals surface area (Å²) in [7, 11) is -14.7. The van der Waals surface area contributed by atoms with Crippen LogP contribution in [0.2, 0.25) is 0 Å². The van der Waals surface area contributed by atoms with Gasteiger partial charge in [-0.2, -0.15) is 8.62 Å². The Bertz CT molecular complexity index is 1090. The molecular formula is C11H19N6O11P3. The molecule has 7 N–H and O–H groups in total. The van der Waals surface area contributed by atoms with Crippen molar-refractivity contribution in [3.8, 4) is 0 Å². The number of aromatic nitrogens is 4. The van der Waals surface area contributed by atoms with E-state index in [1.165, 1.54) is 12.7 Å². The van der Waals surface area contributed by atoms with E-state index < -0.39 is 48.4 Å². The van der Waals surface area contributed by atoms with Gasteiger partial charge in [0.25, 0.3) is 0 Å². The van der Waals surface area contributed by atoms with Gasteiger partial charge in [-0.15, -0.1) is 0 Å². The van der Waals surface area contributed by atoms with Gasteiger partial charge in [0.15, 0.2) is 17.7 Å². The van der Waals surface area contributed by atoms with Crippen LogP contribution in [0.25, 0.3) is 11.2 Å². The predicted octanol–water partition coefficient (Wildman–Crippen LogP) is -0.174. The number of rotatable bonds is 9. The summed E-state index contributed by atoms with van der Waals surface area (Å²) in [5.41, 5.74) is 6.98. The second-order valence-electron chi connectivity index (χ2n) is 6.23. The van der Waals surface area contributed by atoms with Crippen molar-refractivity contribution in [1.29, 1.82) is 0 Å². The van der Waals surface area contributed by atoms with Crippen molar-refractivity contribution in [2.45, 2.75) is 24.8 Å². The first-order valence-electron chi connectivity index (χ1n) is 8.35. The highest BCUT2D eigenvalue weighted by molar-refractivity contribution is 7.66. The maximum Gasteiger partial charge on any atom is 0.490 e. The van der Waals surface area contributed by atoms with Gasteiger partial charge in [-0.25, -0.2) is 28.6 Å². The molecule has 20 heteroatoms. The zero-order valence-electron chi connectivity index (χ0n) is 15.7. The molecule has 0 radical (unpaired) electrons. The molecule has 1 saturated heterocycles. The fraction of sp³-hybridized carbons (Fsp3) is 0.545. The van der Waals surface area contributed by atoms with Crippen molar-refractivity contribution >= 4 is 40.4 Å². The second-order valence-corrected chi connectivity index (χ2v) is 10.7. The Balaban J connectivity index is 1.65. The Morgan fingerprint density at radius 1 is 1.19 bits per heavy atom. The molecule has 0 saturated carbocycles. The monoisotopic (exact) mass is 504 g/mol. The molecular weight excluding hydrogens is 485 g/mol. The summed E-state index contributed by atoms with van der Waals surface area (Å²) in [5.74, 6) is 0.486. The highest BCUT2D eigenvalue weighted by atomic mass is 31.3. The van der Waals surface area contributed by atoms with Gasteiger partial charge in [-0.05, 0) is 6.42 Å². The summed E-state index contributed by atoms with van der Waals surface area (Å²) in [4.78, 5) is 48.1. The molecule has 174 valence electrons. The summed E-state index contributed by atoms with van der Waals surface area (Å²) in [5, 5.41) is 2.87. The van der Waals surface area contributed by atoms with Crippen molar-refractivity contribution in [2.75, 3.05) is 19.0 Å². The van der Waals surface area contributed by atoms with Gasteiger partial charge in [0.2, 0.25) is 0 Å². The first-order chi connectivity index (χ1) is 14.3. The third-order valence-corrected chi connectivity index (χ3v) is 7.75. The SMILES string of the molecule is CNc1ncnc2c1ncn2C1OC(COP(=O)(O)OP(=O)(O)OP(=O)(O)O)CC1N. The van der Waals surface area contributed by atoms with Crippen molar-refractivity contribution in [3.63, 3.8) is 0 Å². The average Bonchev–Trinajstić information content (AvgIpc) is 3.19. The molecule has 1 aliphatic rings. The lowest BCUT2D eigenvalue weighted by Crippen LogP contribution is -2.27. The smallest absolute Gasteiger partial charge is 0.371 e. The van der Waals surface area contributed by atoms with Crippen LogP contribution in [0, 0.1) is 0 Å². The zero-order valence-corrected chi connectivity index (χ0v) is 18.3. The molecule has 0 aliphatic carbocycles. The molecule has 0 spiro atoms. The molecule has 5 atom stereocenters. The number of nitrogens with two attached hydrogens (primary N) is 1. The van der Waals surface area contributed by atoms with Crippen LogP contribution < -0.4 is 11.1 Å². The highest BCUT2D eigenvalue weighted by Gasteiger charge is 2.42. The van der Waals surface area contributed by atoms with Crippen molar-refractivity contribution in [1.82, 2.24) is 19.5 Å². The lowest BCUT2D eigenvalue weighted by Gasteiger charge is -2.19. The third-order valence-electron chi connectivity index (χ3n) is 3.94. The van der Waals surface area contributed by atoms with E-state index in [2.05, 4.69) is 33.4 Å². The Morgan fingerprint density at radius 2 is 1.90 bits per heavy atom. The lowest BCUT2D eigenvalue weighted by molar-refractivity contribution is -0.0236. The Kier molecular flexibility index (Phi) is 6.99. The Labute approximate surface area is 174 Å². The van der Waals surface area contributed by atoms with Crippen LogP contribution in [0.1, 0.15) is 12.6 Å². The maximum atomic E-state index is 11.8. The number of nitrogens with zero attached hydrogens (tertiary/aromatic N) is 4. The third kappa shape index (κ3) is 6.14. The Hall–Kier alpha value is -1.32. The molecule has 1 fully saturated rings. The number of nitrogens with one attached hydrogen (secondary N) is 1. The van der Waals surface area contributed by atoms with Gasteiger partial charge < -0.3 is 35.4 Å². The van der Waals surface area contributed by atoms with E-state index in [0.717, 1.165) is 0 Å². The van der Waals surface area contributed by atoms with Gasteiger partial charge in [-0.1, -0.05) is 0 Å². The van der Waals surface area contributed by atoms with Gasteiger partial charge >= 0.3 is 23.5 Å². The van der Waals surface area contributed by atoms with Gasteiger partial charge in [0.05, 0.1) is 25.1 Å². The van der Waals surface area contributed by atoms with E-state index in [1.807, 2.05) is 0 Å². The standard InChI is InChI=1S/C11H19N6O11P3/c1-13-9-8-10(15-4-14-9)17(5-16-8)11-7(12)2-6(26-11)3-25-30(21,22)28-31(23,24)27-29(18,19)20/h4-7,11H,2-3,12H2,1H3,(H,21,22)(H,23,24)(H,13,14,15)(H2,18,19,20). The number of phosphoric acid groups is 3. The number of fused-ring (bicyclic) bond motifs is 1. The summed E-state index contributed by atoms with van der Waals surface area (Å²) in [6.07, 6.45) is 1.31. The average molecular weight is 504 g/mol. The summed E-state index contributed by atoms with van der Waals surface area (Å²) in [6, 6.07) is -0.597. The predicted molar refractivity (Wildman–Crippen MR) is 101 cm³/mol. The van der Waals surface area contributed by atoms with Crippen LogP contribution in [0.4, 0.5) is 5.82 Å². The van der Waals surface area contributed by atoms with E-state index in [0.29, 0.717) is 17.0 Å². The molecule has 17 nitrogen and oxygen atoms in total. The van der Waals surface area contributed by atoms with Gasteiger partial charge in [0.1, 0.15) is 11.8 Å². The first-order valence-corrected chi connectivity index (χ1v) is 12.9. The van der Waals surface area contributed by atoms with E-state index in [-0.39, 0.29) is 6.42 Å².